The molecule has 1 atom stereocenters. The maximum atomic E-state index is 12.1. The van der Waals surface area contributed by atoms with E-state index in [4.69, 9.17) is 9.47 Å². The van der Waals surface area contributed by atoms with E-state index in [-0.39, 0.29) is 25.2 Å². The van der Waals surface area contributed by atoms with Gasteiger partial charge in [-0.2, -0.15) is 0 Å². The third-order valence-corrected chi connectivity index (χ3v) is 8.72. The normalized spacial score (nSPS) is 12.3. The molecule has 0 spiro atoms. The lowest BCUT2D eigenvalue weighted by atomic mass is 10.0. The first kappa shape index (κ1) is 44.4. The molecule has 0 fully saturated rings. The summed E-state index contributed by atoms with van der Waals surface area (Å²) in [6.45, 7) is 4.09. The molecule has 0 rings (SSSR count). The van der Waals surface area contributed by atoms with Gasteiger partial charge in [-0.25, -0.2) is 0 Å². The van der Waals surface area contributed by atoms with Crippen LogP contribution in [0.1, 0.15) is 206 Å². The molecule has 5 heteroatoms. The number of rotatable bonds is 36. The Bertz CT molecular complexity index is 701. The number of aliphatic hydroxyl groups excluding tert-OH is 1. The molecule has 0 aliphatic carbocycles. The Morgan fingerprint density at radius 1 is 0.478 bits per heavy atom. The molecule has 0 saturated heterocycles. The summed E-state index contributed by atoms with van der Waals surface area (Å²) in [4.78, 5) is 24.2. The van der Waals surface area contributed by atoms with Crippen molar-refractivity contribution >= 4 is 11.9 Å². The van der Waals surface area contributed by atoms with E-state index in [2.05, 4.69) is 38.2 Å². The highest BCUT2D eigenvalue weighted by molar-refractivity contribution is 5.70. The molecule has 0 aliphatic rings. The zero-order chi connectivity index (χ0) is 33.6. The van der Waals surface area contributed by atoms with E-state index >= 15 is 0 Å². The summed E-state index contributed by atoms with van der Waals surface area (Å²) in [5, 5.41) is 9.53. The zero-order valence-electron chi connectivity index (χ0n) is 30.6. The Labute approximate surface area is 285 Å². The second-order valence-corrected chi connectivity index (χ2v) is 13.4. The minimum atomic E-state index is -0.771. The topological polar surface area (TPSA) is 72.8 Å². The van der Waals surface area contributed by atoms with E-state index in [9.17, 15) is 14.7 Å². The molecule has 0 heterocycles. The van der Waals surface area contributed by atoms with Crippen molar-refractivity contribution in [2.45, 2.75) is 213 Å². The third-order valence-electron chi connectivity index (χ3n) is 8.72. The van der Waals surface area contributed by atoms with E-state index in [1.807, 2.05) is 0 Å². The molecular weight excluding hydrogens is 572 g/mol. The zero-order valence-corrected chi connectivity index (χ0v) is 30.6. The molecule has 1 N–H and O–H groups in total. The summed E-state index contributed by atoms with van der Waals surface area (Å²) in [5.41, 5.74) is 0. The van der Waals surface area contributed by atoms with Gasteiger partial charge in [-0.1, -0.05) is 160 Å². The van der Waals surface area contributed by atoms with Gasteiger partial charge in [0.25, 0.3) is 0 Å². The number of carbonyl (C=O) groups is 2. The number of ether oxygens (including phenoxy) is 2. The fraction of sp³-hybridized carbons (Fsp3) is 0.854. The van der Waals surface area contributed by atoms with Crippen molar-refractivity contribution in [1.82, 2.24) is 0 Å². The second-order valence-electron chi connectivity index (χ2n) is 13.4. The Balaban J connectivity index is 3.50. The first-order chi connectivity index (χ1) is 22.6. The Morgan fingerprint density at radius 2 is 0.826 bits per heavy atom. The molecule has 0 aliphatic heterocycles. The fourth-order valence-electron chi connectivity index (χ4n) is 5.65. The van der Waals surface area contributed by atoms with Crippen molar-refractivity contribution < 1.29 is 24.2 Å². The van der Waals surface area contributed by atoms with Crippen LogP contribution in [0.2, 0.25) is 0 Å². The Hall–Kier alpha value is -1.62. The smallest absolute Gasteiger partial charge is 0.306 e. The molecule has 0 aromatic heterocycles. The SMILES string of the molecule is CCCCC=CCCCCCCCC(=O)O[C@@H](CO)COC(=O)CCCCCCCCCCCCCC=CCCCCCCCC. The van der Waals surface area contributed by atoms with Gasteiger partial charge in [-0.15, -0.1) is 0 Å². The van der Waals surface area contributed by atoms with Gasteiger partial charge in [0.05, 0.1) is 6.61 Å². The Kier molecular flexibility index (Phi) is 36.5. The van der Waals surface area contributed by atoms with Crippen molar-refractivity contribution in [3.05, 3.63) is 24.3 Å². The molecule has 0 bridgehead atoms. The van der Waals surface area contributed by atoms with Crippen LogP contribution in [0.3, 0.4) is 0 Å². The van der Waals surface area contributed by atoms with Gasteiger partial charge in [0.2, 0.25) is 0 Å². The molecule has 0 amide bonds. The largest absolute Gasteiger partial charge is 0.462 e. The van der Waals surface area contributed by atoms with Crippen LogP contribution in [-0.4, -0.2) is 36.4 Å². The van der Waals surface area contributed by atoms with Gasteiger partial charge in [-0.3, -0.25) is 9.59 Å². The summed E-state index contributed by atoms with van der Waals surface area (Å²) < 4.78 is 10.6. The van der Waals surface area contributed by atoms with Crippen molar-refractivity contribution in [3.8, 4) is 0 Å². The van der Waals surface area contributed by atoms with Crippen molar-refractivity contribution in [2.24, 2.45) is 0 Å². The fourth-order valence-corrected chi connectivity index (χ4v) is 5.65. The average Bonchev–Trinajstić information content (AvgIpc) is 3.06. The van der Waals surface area contributed by atoms with Crippen LogP contribution < -0.4 is 0 Å². The predicted octanol–water partition coefficient (Wildman–Crippen LogP) is 12.3. The van der Waals surface area contributed by atoms with Crippen molar-refractivity contribution in [2.75, 3.05) is 13.2 Å². The Morgan fingerprint density at radius 3 is 1.24 bits per heavy atom. The van der Waals surface area contributed by atoms with Crippen molar-refractivity contribution in [3.63, 3.8) is 0 Å². The van der Waals surface area contributed by atoms with Crippen LogP contribution in [0.15, 0.2) is 24.3 Å². The van der Waals surface area contributed by atoms with E-state index < -0.39 is 6.10 Å². The van der Waals surface area contributed by atoms with Crippen molar-refractivity contribution in [1.29, 1.82) is 0 Å². The van der Waals surface area contributed by atoms with Crippen LogP contribution in [0.4, 0.5) is 0 Å². The minimum absolute atomic E-state index is 0.0667. The lowest BCUT2D eigenvalue weighted by molar-refractivity contribution is -0.161. The van der Waals surface area contributed by atoms with Gasteiger partial charge in [0, 0.05) is 12.8 Å². The summed E-state index contributed by atoms with van der Waals surface area (Å²) in [6, 6.07) is 0. The predicted molar refractivity (Wildman–Crippen MR) is 196 cm³/mol. The molecule has 0 radical (unpaired) electrons. The van der Waals surface area contributed by atoms with Gasteiger partial charge in [0.15, 0.2) is 6.10 Å². The molecule has 0 aromatic carbocycles. The highest BCUT2D eigenvalue weighted by atomic mass is 16.6. The summed E-state index contributed by atoms with van der Waals surface area (Å²) in [7, 11) is 0. The third kappa shape index (κ3) is 35.2. The van der Waals surface area contributed by atoms with Crippen LogP contribution in [-0.2, 0) is 19.1 Å². The first-order valence-electron chi connectivity index (χ1n) is 19.9. The number of aliphatic hydroxyl groups is 1. The first-order valence-corrected chi connectivity index (χ1v) is 19.9. The van der Waals surface area contributed by atoms with E-state index in [0.717, 1.165) is 44.9 Å². The molecule has 46 heavy (non-hydrogen) atoms. The maximum Gasteiger partial charge on any atom is 0.306 e. The van der Waals surface area contributed by atoms with Crippen LogP contribution in [0.5, 0.6) is 0 Å². The second kappa shape index (κ2) is 37.8. The lowest BCUT2D eigenvalue weighted by Crippen LogP contribution is -2.28. The number of hydrogen-bond acceptors (Lipinski definition) is 5. The molecular formula is C41H76O5. The van der Waals surface area contributed by atoms with Gasteiger partial charge in [-0.05, 0) is 57.8 Å². The average molecular weight is 649 g/mol. The standard InChI is InChI=1S/C41H76O5/c1-3-5-7-9-11-13-15-16-17-18-19-20-21-22-23-24-26-27-29-31-33-35-40(43)45-38-39(37-42)46-41(44)36-34-32-30-28-25-14-12-10-8-6-4-2/h10,12,16-17,39,42H,3-9,11,13-15,18-38H2,1-2H3/t39-/m0/s1. The molecule has 5 nitrogen and oxygen atoms in total. The quantitative estimate of drug-likeness (QED) is 0.0416. The van der Waals surface area contributed by atoms with Gasteiger partial charge in [0.1, 0.15) is 6.61 Å². The number of unbranched alkanes of at least 4 members (excludes halogenated alkanes) is 24. The number of hydrogen-bond donors (Lipinski definition) is 1. The minimum Gasteiger partial charge on any atom is -0.462 e. The summed E-state index contributed by atoms with van der Waals surface area (Å²) in [6.07, 6.45) is 43.9. The summed E-state index contributed by atoms with van der Waals surface area (Å²) in [5.74, 6) is -0.598. The van der Waals surface area contributed by atoms with E-state index in [0.29, 0.717) is 12.8 Å². The molecule has 0 saturated carbocycles. The van der Waals surface area contributed by atoms with Gasteiger partial charge >= 0.3 is 11.9 Å². The van der Waals surface area contributed by atoms with Gasteiger partial charge < -0.3 is 14.6 Å². The molecule has 0 aromatic rings. The summed E-state index contributed by atoms with van der Waals surface area (Å²) >= 11 is 0. The monoisotopic (exact) mass is 649 g/mol. The van der Waals surface area contributed by atoms with E-state index in [1.54, 1.807) is 0 Å². The van der Waals surface area contributed by atoms with Crippen LogP contribution in [0.25, 0.3) is 0 Å². The lowest BCUT2D eigenvalue weighted by Gasteiger charge is -2.15. The maximum absolute atomic E-state index is 12.1. The number of carbonyl (C=O) groups excluding carboxylic acids is 2. The van der Waals surface area contributed by atoms with E-state index in [1.165, 1.54) is 135 Å². The number of allylic oxidation sites excluding steroid dienone is 4. The van der Waals surface area contributed by atoms with Crippen LogP contribution >= 0.6 is 0 Å². The highest BCUT2D eigenvalue weighted by Crippen LogP contribution is 2.14. The molecule has 0 unspecified atom stereocenters. The van der Waals surface area contributed by atoms with Crippen LogP contribution in [0, 0.1) is 0 Å². The highest BCUT2D eigenvalue weighted by Gasteiger charge is 2.16. The molecule has 270 valence electrons. The number of esters is 2.